The van der Waals surface area contributed by atoms with Gasteiger partial charge in [0.1, 0.15) is 11.6 Å². The highest BCUT2D eigenvalue weighted by atomic mass is 19.1. The Hall–Kier alpha value is -3.36. The van der Waals surface area contributed by atoms with Crippen LogP contribution in [0.15, 0.2) is 60.7 Å². The molecule has 0 radical (unpaired) electrons. The minimum absolute atomic E-state index is 0.193. The Morgan fingerprint density at radius 3 is 1.85 bits per heavy atom. The first-order valence-electron chi connectivity index (χ1n) is 11.8. The Labute approximate surface area is 197 Å². The van der Waals surface area contributed by atoms with Crippen LogP contribution in [0, 0.1) is 35.3 Å². The van der Waals surface area contributed by atoms with E-state index in [1.807, 2.05) is 42.5 Å². The van der Waals surface area contributed by atoms with Gasteiger partial charge in [-0.1, -0.05) is 68.9 Å². The lowest BCUT2D eigenvalue weighted by Gasteiger charge is -2.02. The van der Waals surface area contributed by atoms with Gasteiger partial charge in [-0.3, -0.25) is 0 Å². The molecule has 0 N–H and O–H groups in total. The molecular weight excluding hydrogens is 410 g/mol. The molecule has 0 heterocycles. The molecule has 0 aromatic heterocycles. The van der Waals surface area contributed by atoms with Gasteiger partial charge in [0.25, 0.3) is 0 Å². The summed E-state index contributed by atoms with van der Waals surface area (Å²) in [4.78, 5) is 0. The summed E-state index contributed by atoms with van der Waals surface area (Å²) in [6.45, 7) is 4.26. The lowest BCUT2D eigenvalue weighted by molar-refractivity contribution is 0.603. The molecule has 3 rings (SSSR count). The summed E-state index contributed by atoms with van der Waals surface area (Å²) in [5.74, 6) is 11.6. The second kappa shape index (κ2) is 12.6. The second-order valence-corrected chi connectivity index (χ2v) is 8.26. The van der Waals surface area contributed by atoms with E-state index in [0.717, 1.165) is 67.2 Å². The second-order valence-electron chi connectivity index (χ2n) is 8.26. The topological polar surface area (TPSA) is 0 Å². The number of halogens is 2. The third-order valence-electron chi connectivity index (χ3n) is 5.53. The van der Waals surface area contributed by atoms with Gasteiger partial charge in [-0.05, 0) is 85.3 Å². The summed E-state index contributed by atoms with van der Waals surface area (Å²) in [5.41, 5.74) is 4.43. The Balaban J connectivity index is 1.64. The molecule has 0 spiro atoms. The van der Waals surface area contributed by atoms with Crippen molar-refractivity contribution in [3.05, 3.63) is 106 Å². The molecule has 0 nitrogen and oxygen atoms in total. The largest absolute Gasteiger partial charge is 0.207 e. The molecule has 3 aromatic rings. The Morgan fingerprint density at radius 2 is 1.21 bits per heavy atom. The van der Waals surface area contributed by atoms with Gasteiger partial charge < -0.3 is 0 Å². The van der Waals surface area contributed by atoms with Gasteiger partial charge in [-0.25, -0.2) is 8.78 Å². The molecule has 0 aliphatic heterocycles. The molecule has 0 amide bonds. The third kappa shape index (κ3) is 7.62. The van der Waals surface area contributed by atoms with E-state index in [0.29, 0.717) is 11.1 Å². The third-order valence-corrected chi connectivity index (χ3v) is 5.53. The van der Waals surface area contributed by atoms with E-state index in [4.69, 9.17) is 0 Å². The van der Waals surface area contributed by atoms with Gasteiger partial charge in [0, 0.05) is 16.7 Å². The summed E-state index contributed by atoms with van der Waals surface area (Å²) in [6, 6.07) is 18.0. The minimum atomic E-state index is -0.271. The highest BCUT2D eigenvalue weighted by Gasteiger charge is 2.03. The normalized spacial score (nSPS) is 10.2. The number of hydrogen-bond acceptors (Lipinski definition) is 0. The molecule has 168 valence electrons. The van der Waals surface area contributed by atoms with Crippen LogP contribution in [0.25, 0.3) is 0 Å². The standard InChI is InChI=1S/C31H30F2/c1-3-5-7-8-26-17-21-29(31(33)22-26)19-16-25-12-10-24(11-13-25)14-15-27-18-20-28(9-6-4-2)30(32)23-27/h10-13,17-18,20-23H,3-9H2,1-2H3. The van der Waals surface area contributed by atoms with Crippen molar-refractivity contribution in [3.8, 4) is 23.7 Å². The van der Waals surface area contributed by atoms with E-state index in [9.17, 15) is 8.78 Å². The fourth-order valence-corrected chi connectivity index (χ4v) is 3.51. The summed E-state index contributed by atoms with van der Waals surface area (Å²) in [5, 5.41) is 0. The molecule has 0 saturated heterocycles. The smallest absolute Gasteiger partial charge is 0.139 e. The van der Waals surface area contributed by atoms with Gasteiger partial charge in [-0.15, -0.1) is 0 Å². The van der Waals surface area contributed by atoms with Crippen LogP contribution in [-0.2, 0) is 12.8 Å². The fraction of sp³-hybridized carbons (Fsp3) is 0.290. The molecule has 33 heavy (non-hydrogen) atoms. The van der Waals surface area contributed by atoms with Crippen molar-refractivity contribution in [3.63, 3.8) is 0 Å². The van der Waals surface area contributed by atoms with Crippen LogP contribution in [0.4, 0.5) is 8.78 Å². The molecule has 0 unspecified atom stereocenters. The van der Waals surface area contributed by atoms with Crippen LogP contribution < -0.4 is 0 Å². The van der Waals surface area contributed by atoms with Crippen molar-refractivity contribution < 1.29 is 8.78 Å². The van der Waals surface area contributed by atoms with Crippen molar-refractivity contribution in [2.45, 2.75) is 58.8 Å². The molecule has 3 aromatic carbocycles. The monoisotopic (exact) mass is 440 g/mol. The summed E-state index contributed by atoms with van der Waals surface area (Å²) in [6.07, 6.45) is 7.07. The molecule has 0 aliphatic carbocycles. The summed E-state index contributed by atoms with van der Waals surface area (Å²) < 4.78 is 28.5. The molecule has 0 aliphatic rings. The average molecular weight is 441 g/mol. The van der Waals surface area contributed by atoms with E-state index in [2.05, 4.69) is 37.5 Å². The summed E-state index contributed by atoms with van der Waals surface area (Å²) in [7, 11) is 0. The number of rotatable bonds is 7. The first kappa shape index (κ1) is 24.3. The molecule has 0 fully saturated rings. The molecule has 0 saturated carbocycles. The van der Waals surface area contributed by atoms with Crippen LogP contribution >= 0.6 is 0 Å². The molecule has 2 heteroatoms. The Kier molecular flexibility index (Phi) is 9.29. The number of unbranched alkanes of at least 4 members (excludes halogenated alkanes) is 3. The van der Waals surface area contributed by atoms with E-state index in [-0.39, 0.29) is 11.6 Å². The SMILES string of the molecule is CCCCCc1ccc(C#Cc2ccc(C#Cc3ccc(CCCC)c(F)c3)cc2)c(F)c1. The first-order valence-corrected chi connectivity index (χ1v) is 11.8. The lowest BCUT2D eigenvalue weighted by Crippen LogP contribution is -1.91. The highest BCUT2D eigenvalue weighted by Crippen LogP contribution is 2.14. The van der Waals surface area contributed by atoms with Crippen molar-refractivity contribution >= 4 is 0 Å². The van der Waals surface area contributed by atoms with E-state index >= 15 is 0 Å². The Bertz CT molecular complexity index is 1180. The number of benzene rings is 3. The maximum atomic E-state index is 14.4. The Morgan fingerprint density at radius 1 is 0.576 bits per heavy atom. The average Bonchev–Trinajstić information content (AvgIpc) is 2.82. The zero-order valence-electron chi connectivity index (χ0n) is 19.5. The number of hydrogen-bond donors (Lipinski definition) is 0. The van der Waals surface area contributed by atoms with E-state index in [1.165, 1.54) is 6.07 Å². The molecule has 0 atom stereocenters. The van der Waals surface area contributed by atoms with Gasteiger partial charge in [0.2, 0.25) is 0 Å². The predicted octanol–water partition coefficient (Wildman–Crippen LogP) is 7.84. The van der Waals surface area contributed by atoms with Gasteiger partial charge in [0.05, 0.1) is 5.56 Å². The van der Waals surface area contributed by atoms with Crippen molar-refractivity contribution in [1.82, 2.24) is 0 Å². The molecular formula is C31H30F2. The van der Waals surface area contributed by atoms with Crippen molar-refractivity contribution in [1.29, 1.82) is 0 Å². The predicted molar refractivity (Wildman–Crippen MR) is 133 cm³/mol. The van der Waals surface area contributed by atoms with Gasteiger partial charge >= 0.3 is 0 Å². The van der Waals surface area contributed by atoms with Gasteiger partial charge in [-0.2, -0.15) is 0 Å². The minimum Gasteiger partial charge on any atom is -0.207 e. The van der Waals surface area contributed by atoms with Gasteiger partial charge in [0.15, 0.2) is 0 Å². The highest BCUT2D eigenvalue weighted by molar-refractivity contribution is 5.48. The van der Waals surface area contributed by atoms with E-state index < -0.39 is 0 Å². The quantitative estimate of drug-likeness (QED) is 0.259. The van der Waals surface area contributed by atoms with Crippen LogP contribution in [0.2, 0.25) is 0 Å². The maximum Gasteiger partial charge on any atom is 0.139 e. The summed E-state index contributed by atoms with van der Waals surface area (Å²) >= 11 is 0. The maximum absolute atomic E-state index is 14.4. The van der Waals surface area contributed by atoms with E-state index in [1.54, 1.807) is 12.1 Å². The number of aryl methyl sites for hydroxylation is 2. The van der Waals surface area contributed by atoms with Crippen LogP contribution in [0.1, 0.15) is 79.3 Å². The van der Waals surface area contributed by atoms with Crippen molar-refractivity contribution in [2.75, 3.05) is 0 Å². The van der Waals surface area contributed by atoms with Crippen molar-refractivity contribution in [2.24, 2.45) is 0 Å². The van der Waals surface area contributed by atoms with Crippen LogP contribution in [0.3, 0.4) is 0 Å². The zero-order valence-corrected chi connectivity index (χ0v) is 19.5. The fourth-order valence-electron chi connectivity index (χ4n) is 3.51. The lowest BCUT2D eigenvalue weighted by atomic mass is 10.0. The first-order chi connectivity index (χ1) is 16.1. The van der Waals surface area contributed by atoms with Crippen LogP contribution in [-0.4, -0.2) is 0 Å². The molecule has 0 bridgehead atoms. The van der Waals surface area contributed by atoms with Crippen LogP contribution in [0.5, 0.6) is 0 Å². The zero-order chi connectivity index (χ0) is 23.5.